The third-order valence-electron chi connectivity index (χ3n) is 4.38. The summed E-state index contributed by atoms with van der Waals surface area (Å²) in [6.07, 6.45) is 2.17. The van der Waals surface area contributed by atoms with E-state index in [2.05, 4.69) is 28.6 Å². The maximum atomic E-state index is 12.5. The van der Waals surface area contributed by atoms with Gasteiger partial charge < -0.3 is 32.5 Å². The second kappa shape index (κ2) is 14.2. The number of nitrogens with one attached hydrogen (secondary N) is 3. The van der Waals surface area contributed by atoms with Crippen LogP contribution in [0.5, 0.6) is 0 Å². The van der Waals surface area contributed by atoms with Crippen LogP contribution in [0.1, 0.15) is 39.5 Å². The number of aliphatic carboxylic acids is 1. The molecule has 0 aromatic carbocycles. The van der Waals surface area contributed by atoms with Gasteiger partial charge in [-0.25, -0.2) is 4.79 Å². The molecule has 0 spiro atoms. The van der Waals surface area contributed by atoms with Crippen LogP contribution in [0, 0.1) is 5.92 Å². The molecule has 0 aliphatic rings. The van der Waals surface area contributed by atoms with E-state index in [9.17, 15) is 24.3 Å². The van der Waals surface area contributed by atoms with Crippen LogP contribution in [0.25, 0.3) is 0 Å². The number of carboxylic acids is 1. The summed E-state index contributed by atoms with van der Waals surface area (Å²) in [5, 5.41) is 16.8. The Hall–Kier alpha value is -1.85. The highest BCUT2D eigenvalue weighted by atomic mass is 32.1. The molecule has 3 amide bonds. The average molecular weight is 420 g/mol. The molecule has 0 fully saturated rings. The van der Waals surface area contributed by atoms with Crippen molar-refractivity contribution in [1.29, 1.82) is 0 Å². The second-order valence-electron chi connectivity index (χ2n) is 6.56. The lowest BCUT2D eigenvalue weighted by atomic mass is 9.99. The average Bonchev–Trinajstić information content (AvgIpc) is 2.67. The summed E-state index contributed by atoms with van der Waals surface area (Å²) in [6.45, 7) is 3.71. The number of carbonyl (C=O) groups excluding carboxylic acids is 3. The van der Waals surface area contributed by atoms with Crippen LogP contribution >= 0.6 is 12.6 Å². The molecule has 10 nitrogen and oxygen atoms in total. The molecule has 8 N–H and O–H groups in total. The predicted molar refractivity (Wildman–Crippen MR) is 109 cm³/mol. The Morgan fingerprint density at radius 3 is 2.07 bits per heavy atom. The molecule has 162 valence electrons. The normalized spacial score (nSPS) is 15.0. The Bertz CT molecular complexity index is 534. The lowest BCUT2D eigenvalue weighted by Crippen LogP contribution is -2.57. The highest BCUT2D eigenvalue weighted by Gasteiger charge is 2.30. The molecule has 0 saturated carbocycles. The highest BCUT2D eigenvalue weighted by molar-refractivity contribution is 7.80. The lowest BCUT2D eigenvalue weighted by molar-refractivity contribution is -0.143. The SMILES string of the molecule is CCC(C)C(NC(=O)C(CS)NC(=O)C(CCCCN)NC(=O)CN)C(=O)O. The molecule has 0 bridgehead atoms. The first-order valence-electron chi connectivity index (χ1n) is 9.35. The molecule has 0 heterocycles. The third kappa shape index (κ3) is 9.38. The van der Waals surface area contributed by atoms with Crippen LogP contribution in [-0.2, 0) is 19.2 Å². The number of unbranched alkanes of at least 4 members (excludes halogenated alkanes) is 1. The fraction of sp³-hybridized carbons (Fsp3) is 0.765. The van der Waals surface area contributed by atoms with Crippen molar-refractivity contribution in [3.63, 3.8) is 0 Å². The Balaban J connectivity index is 5.08. The van der Waals surface area contributed by atoms with E-state index in [1.807, 2.05) is 6.92 Å². The van der Waals surface area contributed by atoms with E-state index in [1.165, 1.54) is 0 Å². The monoisotopic (exact) mass is 419 g/mol. The van der Waals surface area contributed by atoms with Crippen molar-refractivity contribution < 1.29 is 24.3 Å². The molecular formula is C17H33N5O5S. The zero-order valence-electron chi connectivity index (χ0n) is 16.4. The van der Waals surface area contributed by atoms with Gasteiger partial charge in [-0.1, -0.05) is 20.3 Å². The van der Waals surface area contributed by atoms with Gasteiger partial charge in [0.1, 0.15) is 18.1 Å². The predicted octanol–water partition coefficient (Wildman–Crippen LogP) is -1.41. The maximum Gasteiger partial charge on any atom is 0.326 e. The van der Waals surface area contributed by atoms with Crippen LogP contribution in [0.2, 0.25) is 0 Å². The van der Waals surface area contributed by atoms with Crippen molar-refractivity contribution in [2.24, 2.45) is 17.4 Å². The van der Waals surface area contributed by atoms with Gasteiger partial charge in [0, 0.05) is 5.75 Å². The van der Waals surface area contributed by atoms with Crippen molar-refractivity contribution in [3.8, 4) is 0 Å². The number of carboxylic acid groups (broad SMARTS) is 1. The summed E-state index contributed by atoms with van der Waals surface area (Å²) in [6, 6.07) is -3.00. The van der Waals surface area contributed by atoms with Crippen LogP contribution in [0.3, 0.4) is 0 Å². The van der Waals surface area contributed by atoms with Gasteiger partial charge in [-0.05, 0) is 31.7 Å². The minimum absolute atomic E-state index is 0.0369. The number of carbonyl (C=O) groups is 4. The molecule has 4 unspecified atom stereocenters. The summed E-state index contributed by atoms with van der Waals surface area (Å²) in [7, 11) is 0. The molecule has 0 rings (SSSR count). The standard InChI is InChI=1S/C17H33N5O5S/c1-3-10(2)14(17(26)27)22-16(25)12(9-28)21-15(24)11(6-4-5-7-18)20-13(23)8-19/h10-12,14,28H,3-9,18-19H2,1-2H3,(H,20,23)(H,21,24)(H,22,25)(H,26,27). The maximum absolute atomic E-state index is 12.5. The van der Waals surface area contributed by atoms with E-state index in [1.54, 1.807) is 6.92 Å². The quantitative estimate of drug-likeness (QED) is 0.134. The first kappa shape index (κ1) is 26.1. The molecule has 0 aliphatic carbocycles. The van der Waals surface area contributed by atoms with Crippen molar-refractivity contribution in [2.75, 3.05) is 18.8 Å². The number of amides is 3. The fourth-order valence-corrected chi connectivity index (χ4v) is 2.68. The third-order valence-corrected chi connectivity index (χ3v) is 4.74. The molecular weight excluding hydrogens is 386 g/mol. The molecule has 0 saturated heterocycles. The van der Waals surface area contributed by atoms with E-state index in [0.29, 0.717) is 32.2 Å². The first-order valence-corrected chi connectivity index (χ1v) is 9.98. The summed E-state index contributed by atoms with van der Waals surface area (Å²) in [4.78, 5) is 48.0. The van der Waals surface area contributed by atoms with Crippen molar-refractivity contribution in [2.45, 2.75) is 57.7 Å². The van der Waals surface area contributed by atoms with Crippen LogP contribution < -0.4 is 27.4 Å². The molecule has 0 aromatic rings. The molecule has 0 aliphatic heterocycles. The number of thiol groups is 1. The van der Waals surface area contributed by atoms with Gasteiger partial charge in [-0.2, -0.15) is 12.6 Å². The molecule has 0 aromatic heterocycles. The lowest BCUT2D eigenvalue weighted by Gasteiger charge is -2.25. The smallest absolute Gasteiger partial charge is 0.326 e. The molecule has 11 heteroatoms. The number of rotatable bonds is 14. The summed E-state index contributed by atoms with van der Waals surface area (Å²) < 4.78 is 0. The van der Waals surface area contributed by atoms with E-state index in [4.69, 9.17) is 11.5 Å². The number of hydrogen-bond donors (Lipinski definition) is 7. The van der Waals surface area contributed by atoms with Crippen molar-refractivity contribution in [1.82, 2.24) is 16.0 Å². The zero-order valence-corrected chi connectivity index (χ0v) is 17.3. The van der Waals surface area contributed by atoms with Crippen LogP contribution in [-0.4, -0.2) is 65.8 Å². The van der Waals surface area contributed by atoms with Crippen molar-refractivity contribution in [3.05, 3.63) is 0 Å². The van der Waals surface area contributed by atoms with E-state index >= 15 is 0 Å². The summed E-state index contributed by atoms with van der Waals surface area (Å²) in [5.74, 6) is -3.19. The molecule has 0 radical (unpaired) electrons. The Labute approximate surface area is 171 Å². The zero-order chi connectivity index (χ0) is 21.7. The highest BCUT2D eigenvalue weighted by Crippen LogP contribution is 2.09. The second-order valence-corrected chi connectivity index (χ2v) is 6.93. The van der Waals surface area contributed by atoms with Gasteiger partial charge in [0.2, 0.25) is 17.7 Å². The van der Waals surface area contributed by atoms with Crippen molar-refractivity contribution >= 4 is 36.3 Å². The van der Waals surface area contributed by atoms with E-state index < -0.39 is 41.8 Å². The largest absolute Gasteiger partial charge is 0.480 e. The molecule has 4 atom stereocenters. The van der Waals surface area contributed by atoms with Gasteiger partial charge in [0.15, 0.2) is 0 Å². The fourth-order valence-electron chi connectivity index (χ4n) is 2.42. The Morgan fingerprint density at radius 2 is 1.61 bits per heavy atom. The summed E-state index contributed by atoms with van der Waals surface area (Å²) >= 11 is 4.07. The van der Waals surface area contributed by atoms with E-state index in [0.717, 1.165) is 0 Å². The number of hydrogen-bond acceptors (Lipinski definition) is 7. The Kier molecular flexibility index (Phi) is 13.3. The minimum Gasteiger partial charge on any atom is -0.480 e. The Morgan fingerprint density at radius 1 is 1.00 bits per heavy atom. The van der Waals surface area contributed by atoms with Gasteiger partial charge in [-0.15, -0.1) is 0 Å². The van der Waals surface area contributed by atoms with Gasteiger partial charge in [0.05, 0.1) is 6.54 Å². The van der Waals surface area contributed by atoms with Gasteiger partial charge in [0.25, 0.3) is 0 Å². The van der Waals surface area contributed by atoms with E-state index in [-0.39, 0.29) is 18.2 Å². The first-order chi connectivity index (χ1) is 13.2. The molecule has 28 heavy (non-hydrogen) atoms. The topological polar surface area (TPSA) is 177 Å². The minimum atomic E-state index is -1.15. The van der Waals surface area contributed by atoms with Gasteiger partial charge >= 0.3 is 5.97 Å². The summed E-state index contributed by atoms with van der Waals surface area (Å²) in [5.41, 5.74) is 10.7. The van der Waals surface area contributed by atoms with Crippen LogP contribution in [0.15, 0.2) is 0 Å². The van der Waals surface area contributed by atoms with Crippen LogP contribution in [0.4, 0.5) is 0 Å². The van der Waals surface area contributed by atoms with Gasteiger partial charge in [-0.3, -0.25) is 14.4 Å². The number of nitrogens with two attached hydrogens (primary N) is 2.